The third kappa shape index (κ3) is 1.07. The third-order valence-electron chi connectivity index (χ3n) is 2.53. The molecule has 3 heteroatoms. The second-order valence-electron chi connectivity index (χ2n) is 3.88. The van der Waals surface area contributed by atoms with Crippen LogP contribution in [0.4, 0.5) is 5.69 Å². The highest BCUT2D eigenvalue weighted by Crippen LogP contribution is 2.35. The van der Waals surface area contributed by atoms with Crippen molar-refractivity contribution in [2.24, 2.45) is 0 Å². The van der Waals surface area contributed by atoms with Gasteiger partial charge in [-0.2, -0.15) is 0 Å². The Kier molecular flexibility index (Phi) is 1.53. The predicted octanol–water partition coefficient (Wildman–Crippen LogP) is 0.710. The third-order valence-corrected chi connectivity index (χ3v) is 2.53. The van der Waals surface area contributed by atoms with Crippen LogP contribution in [0.3, 0.4) is 0 Å². The molecule has 0 spiro atoms. The summed E-state index contributed by atoms with van der Waals surface area (Å²) in [6.45, 7) is 3.81. The minimum absolute atomic E-state index is 0.0353. The van der Waals surface area contributed by atoms with E-state index in [1.807, 2.05) is 26.0 Å². The molecule has 0 unspecified atom stereocenters. The zero-order chi connectivity index (χ0) is 9.64. The molecular weight excluding hydrogens is 161 g/mol. The molecule has 0 fully saturated rings. The molecule has 13 heavy (non-hydrogen) atoms. The zero-order valence-electron chi connectivity index (χ0n) is 7.72. The Morgan fingerprint density at radius 1 is 1.38 bits per heavy atom. The quantitative estimate of drug-likeness (QED) is 0.572. The van der Waals surface area contributed by atoms with Gasteiger partial charge in [-0.15, -0.1) is 0 Å². The minimum atomic E-state index is -0.428. The molecule has 1 aromatic carbocycles. The summed E-state index contributed by atoms with van der Waals surface area (Å²) < 4.78 is 0. The monoisotopic (exact) mass is 171 g/mol. The van der Waals surface area contributed by atoms with Gasteiger partial charge in [-0.3, -0.25) is 4.79 Å². The number of carbonyl (C=O) groups excluding carboxylic acids is 1. The van der Waals surface area contributed by atoms with Crippen molar-refractivity contribution in [3.8, 4) is 0 Å². The molecule has 64 valence electrons. The molecule has 0 bridgehead atoms. The molecule has 2 radical (unpaired) electrons. The van der Waals surface area contributed by atoms with Crippen LogP contribution < -0.4 is 10.8 Å². The second kappa shape index (κ2) is 2.38. The van der Waals surface area contributed by atoms with Gasteiger partial charge in [-0.05, 0) is 25.5 Å². The Labute approximate surface area is 78.7 Å². The van der Waals surface area contributed by atoms with E-state index < -0.39 is 5.41 Å². The van der Waals surface area contributed by atoms with Gasteiger partial charge >= 0.3 is 0 Å². The normalized spacial score (nSPS) is 18.2. The Morgan fingerprint density at radius 3 is 2.77 bits per heavy atom. The number of rotatable bonds is 0. The number of hydrogen-bond acceptors (Lipinski definition) is 1. The number of fused-ring (bicyclic) bond motifs is 1. The highest BCUT2D eigenvalue weighted by Gasteiger charge is 2.37. The number of hydrogen-bond donors (Lipinski definition) is 1. The molecule has 0 saturated heterocycles. The summed E-state index contributed by atoms with van der Waals surface area (Å²) in [6.07, 6.45) is 0. The molecule has 0 aliphatic carbocycles. The number of anilines is 1. The first kappa shape index (κ1) is 8.36. The highest BCUT2D eigenvalue weighted by atomic mass is 16.2. The number of carbonyl (C=O) groups is 1. The van der Waals surface area contributed by atoms with E-state index in [1.54, 1.807) is 6.07 Å². The fraction of sp³-hybridized carbons (Fsp3) is 0.300. The van der Waals surface area contributed by atoms with Crippen molar-refractivity contribution in [1.82, 2.24) is 0 Å². The smallest absolute Gasteiger partial charge is 0.234 e. The van der Waals surface area contributed by atoms with Crippen LogP contribution in [0.1, 0.15) is 19.4 Å². The Hall–Kier alpha value is -1.25. The maximum atomic E-state index is 11.5. The van der Waals surface area contributed by atoms with Gasteiger partial charge < -0.3 is 5.32 Å². The molecule has 1 heterocycles. The van der Waals surface area contributed by atoms with E-state index >= 15 is 0 Å². The van der Waals surface area contributed by atoms with Crippen molar-refractivity contribution in [2.75, 3.05) is 5.32 Å². The van der Waals surface area contributed by atoms with Crippen LogP contribution in [0, 0.1) is 0 Å². The van der Waals surface area contributed by atoms with Gasteiger partial charge in [-0.25, -0.2) is 0 Å². The van der Waals surface area contributed by atoms with Gasteiger partial charge in [0.05, 0.1) is 5.41 Å². The topological polar surface area (TPSA) is 29.1 Å². The highest BCUT2D eigenvalue weighted by molar-refractivity contribution is 6.33. The van der Waals surface area contributed by atoms with E-state index in [0.717, 1.165) is 11.3 Å². The minimum Gasteiger partial charge on any atom is -0.325 e. The van der Waals surface area contributed by atoms with Crippen molar-refractivity contribution < 1.29 is 4.79 Å². The van der Waals surface area contributed by atoms with Crippen molar-refractivity contribution in [2.45, 2.75) is 19.3 Å². The summed E-state index contributed by atoms with van der Waals surface area (Å²) in [5.41, 5.74) is 2.11. The fourth-order valence-electron chi connectivity index (χ4n) is 1.61. The molecule has 1 aliphatic heterocycles. The maximum Gasteiger partial charge on any atom is 0.234 e. The summed E-state index contributed by atoms with van der Waals surface area (Å²) >= 11 is 0. The standard InChI is InChI=1S/C10H10BNO/c1-10(2)7-4-3-6(11)5-8(7)12-9(10)13/h3-5H,1-2H3,(H,12,13). The van der Waals surface area contributed by atoms with Crippen molar-refractivity contribution in [3.05, 3.63) is 23.8 Å². The zero-order valence-corrected chi connectivity index (χ0v) is 7.72. The lowest BCUT2D eigenvalue weighted by Crippen LogP contribution is -2.26. The van der Waals surface area contributed by atoms with Crippen LogP contribution in [0.15, 0.2) is 18.2 Å². The van der Waals surface area contributed by atoms with Gasteiger partial charge in [0.15, 0.2) is 0 Å². The van der Waals surface area contributed by atoms with Crippen LogP contribution in [0.5, 0.6) is 0 Å². The summed E-state index contributed by atoms with van der Waals surface area (Å²) in [6, 6.07) is 5.52. The largest absolute Gasteiger partial charge is 0.325 e. The second-order valence-corrected chi connectivity index (χ2v) is 3.88. The van der Waals surface area contributed by atoms with Crippen LogP contribution in [-0.4, -0.2) is 13.8 Å². The summed E-state index contributed by atoms with van der Waals surface area (Å²) in [5, 5.41) is 2.81. The van der Waals surface area contributed by atoms with Crippen LogP contribution in [0.25, 0.3) is 0 Å². The molecule has 1 amide bonds. The number of nitrogens with one attached hydrogen (secondary N) is 1. The lowest BCUT2D eigenvalue weighted by molar-refractivity contribution is -0.119. The van der Waals surface area contributed by atoms with Crippen LogP contribution in [0.2, 0.25) is 0 Å². The molecule has 0 atom stereocenters. The van der Waals surface area contributed by atoms with E-state index in [4.69, 9.17) is 7.85 Å². The first-order chi connectivity index (χ1) is 6.01. The molecule has 0 saturated carbocycles. The number of benzene rings is 1. The summed E-state index contributed by atoms with van der Waals surface area (Å²) in [7, 11) is 5.61. The lowest BCUT2D eigenvalue weighted by atomic mass is 9.84. The summed E-state index contributed by atoms with van der Waals surface area (Å²) in [4.78, 5) is 11.5. The maximum absolute atomic E-state index is 11.5. The van der Waals surface area contributed by atoms with Gasteiger partial charge in [-0.1, -0.05) is 17.6 Å². The molecule has 1 aromatic rings. The lowest BCUT2D eigenvalue weighted by Gasteiger charge is -2.14. The molecule has 2 rings (SSSR count). The van der Waals surface area contributed by atoms with Crippen molar-refractivity contribution in [3.63, 3.8) is 0 Å². The predicted molar refractivity (Wildman–Crippen MR) is 53.5 cm³/mol. The van der Waals surface area contributed by atoms with Gasteiger partial charge in [0.2, 0.25) is 5.91 Å². The van der Waals surface area contributed by atoms with E-state index in [2.05, 4.69) is 5.32 Å². The van der Waals surface area contributed by atoms with Crippen molar-refractivity contribution >= 4 is 24.9 Å². The van der Waals surface area contributed by atoms with Gasteiger partial charge in [0.1, 0.15) is 7.85 Å². The molecule has 2 nitrogen and oxygen atoms in total. The summed E-state index contributed by atoms with van der Waals surface area (Å²) in [5.74, 6) is 0.0353. The Balaban J connectivity index is 2.62. The first-order valence-corrected chi connectivity index (χ1v) is 4.23. The SMILES string of the molecule is [B]c1ccc2c(c1)NC(=O)C2(C)C. The van der Waals surface area contributed by atoms with E-state index in [0.29, 0.717) is 5.46 Å². The van der Waals surface area contributed by atoms with Crippen molar-refractivity contribution in [1.29, 1.82) is 0 Å². The van der Waals surface area contributed by atoms with Crippen LogP contribution in [-0.2, 0) is 10.2 Å². The first-order valence-electron chi connectivity index (χ1n) is 4.23. The molecule has 1 N–H and O–H groups in total. The van der Waals surface area contributed by atoms with Gasteiger partial charge in [0.25, 0.3) is 0 Å². The molecule has 0 aromatic heterocycles. The van der Waals surface area contributed by atoms with E-state index in [-0.39, 0.29) is 5.91 Å². The average molecular weight is 171 g/mol. The molecular formula is C10H10BNO. The number of amides is 1. The Morgan fingerprint density at radius 2 is 2.08 bits per heavy atom. The molecule has 1 aliphatic rings. The van der Waals surface area contributed by atoms with Crippen LogP contribution >= 0.6 is 0 Å². The average Bonchev–Trinajstić information content (AvgIpc) is 2.23. The fourth-order valence-corrected chi connectivity index (χ4v) is 1.61. The van der Waals surface area contributed by atoms with E-state index in [1.165, 1.54) is 0 Å². The van der Waals surface area contributed by atoms with Gasteiger partial charge in [0, 0.05) is 5.69 Å². The van der Waals surface area contributed by atoms with E-state index in [9.17, 15) is 4.79 Å². The Bertz CT molecular complexity index is 385.